The molecule has 1 rings (SSSR count). The first-order valence-corrected chi connectivity index (χ1v) is 18.1. The van der Waals surface area contributed by atoms with Crippen LogP contribution < -0.4 is 10.6 Å². The Balaban J connectivity index is 1.99. The number of likely N-dealkylation sites (tertiary alicyclic amines) is 1. The lowest BCUT2D eigenvalue weighted by molar-refractivity contribution is -0.131. The first-order valence-electron chi connectivity index (χ1n) is 16.5. The van der Waals surface area contributed by atoms with Gasteiger partial charge in [0.1, 0.15) is 5.78 Å². The van der Waals surface area contributed by atoms with E-state index in [1.54, 1.807) is 20.8 Å². The monoisotopic (exact) mass is 691 g/mol. The summed E-state index contributed by atoms with van der Waals surface area (Å²) in [7, 11) is -3.71. The third kappa shape index (κ3) is 20.7. The smallest absolute Gasteiger partial charge is 0.333 e. The summed E-state index contributed by atoms with van der Waals surface area (Å²) >= 11 is 0. The van der Waals surface area contributed by atoms with Gasteiger partial charge in [0.05, 0.1) is 56.4 Å². The molecule has 1 saturated heterocycles. The zero-order valence-corrected chi connectivity index (χ0v) is 30.1. The highest BCUT2D eigenvalue weighted by Gasteiger charge is 2.36. The number of Topliss-reactive ketones (excluding diaryl/α,β-unsaturated/α-hetero) is 2. The molecule has 0 saturated carbocycles. The molecule has 0 aromatic rings. The predicted molar refractivity (Wildman–Crippen MR) is 176 cm³/mol. The molecule has 2 atom stereocenters. The molecule has 0 aromatic carbocycles. The Bertz CT molecular complexity index is 1060. The first-order chi connectivity index (χ1) is 21.9. The van der Waals surface area contributed by atoms with Crippen molar-refractivity contribution in [3.8, 4) is 0 Å². The number of unbranched alkanes of at least 4 members (excludes halogenated alkanes) is 1. The van der Waals surface area contributed by atoms with Crippen molar-refractivity contribution >= 4 is 36.9 Å². The van der Waals surface area contributed by atoms with E-state index >= 15 is 0 Å². The van der Waals surface area contributed by atoms with Crippen LogP contribution in [0.1, 0.15) is 99.3 Å². The van der Waals surface area contributed by atoms with E-state index in [0.29, 0.717) is 38.8 Å². The topological polar surface area (TPSA) is 187 Å². The largest absolute Gasteiger partial charge is 0.377 e. The maximum Gasteiger partial charge on any atom is 0.333 e. The summed E-state index contributed by atoms with van der Waals surface area (Å²) in [6.45, 7) is 13.1. The second kappa shape index (κ2) is 21.7. The second-order valence-electron chi connectivity index (χ2n) is 13.6. The molecule has 0 aliphatic carbocycles. The quantitative estimate of drug-likeness (QED) is 0.0998. The fourth-order valence-corrected chi connectivity index (χ4v) is 5.11. The number of amides is 3. The Morgan fingerprint density at radius 1 is 0.766 bits per heavy atom. The summed E-state index contributed by atoms with van der Waals surface area (Å²) in [4.78, 5) is 72.2. The summed E-state index contributed by atoms with van der Waals surface area (Å²) in [5.41, 5.74) is -0.241. The average molecular weight is 692 g/mol. The third-order valence-electron chi connectivity index (χ3n) is 7.14. The van der Waals surface area contributed by atoms with Crippen molar-refractivity contribution in [2.75, 3.05) is 59.2 Å². The lowest BCUT2D eigenvalue weighted by Crippen LogP contribution is -2.33. The van der Waals surface area contributed by atoms with Crippen LogP contribution >= 0.6 is 7.60 Å². The molecule has 15 heteroatoms. The third-order valence-corrected chi connectivity index (χ3v) is 9.37. The van der Waals surface area contributed by atoms with Crippen LogP contribution in [0.5, 0.6) is 0 Å². The first kappa shape index (κ1) is 42.8. The highest BCUT2D eigenvalue weighted by Crippen LogP contribution is 2.54. The SMILES string of the molecule is CC(C)(C)O[C@H]1CCN(C(=O)CCCCC(=O)CCC(=O)NCC(=O)CCC(=O)NCCOCCOCCOP(=O)(O)C(C)(C)C)C1. The van der Waals surface area contributed by atoms with Crippen molar-refractivity contribution in [3.63, 3.8) is 0 Å². The Hall–Kier alpha value is -2.22. The highest BCUT2D eigenvalue weighted by atomic mass is 31.2. The van der Waals surface area contributed by atoms with Gasteiger partial charge in [-0.15, -0.1) is 0 Å². The molecular weight excluding hydrogens is 633 g/mol. The van der Waals surface area contributed by atoms with E-state index in [0.717, 1.165) is 6.42 Å². The van der Waals surface area contributed by atoms with Crippen LogP contribution in [0.25, 0.3) is 0 Å². The van der Waals surface area contributed by atoms with Crippen LogP contribution in [-0.4, -0.2) is 115 Å². The van der Waals surface area contributed by atoms with Crippen molar-refractivity contribution < 1.29 is 52.2 Å². The molecule has 47 heavy (non-hydrogen) atoms. The molecule has 0 bridgehead atoms. The van der Waals surface area contributed by atoms with E-state index in [1.807, 2.05) is 25.7 Å². The molecule has 1 fully saturated rings. The van der Waals surface area contributed by atoms with Gasteiger partial charge in [-0.3, -0.25) is 28.5 Å². The maximum atomic E-state index is 12.4. The number of hydrogen-bond donors (Lipinski definition) is 3. The van der Waals surface area contributed by atoms with Gasteiger partial charge in [0, 0.05) is 58.2 Å². The van der Waals surface area contributed by atoms with Crippen LogP contribution in [0.15, 0.2) is 0 Å². The van der Waals surface area contributed by atoms with Crippen molar-refractivity contribution in [2.24, 2.45) is 0 Å². The molecule has 0 aromatic heterocycles. The van der Waals surface area contributed by atoms with E-state index in [9.17, 15) is 33.4 Å². The Morgan fingerprint density at radius 2 is 1.34 bits per heavy atom. The fraction of sp³-hybridized carbons (Fsp3) is 0.844. The van der Waals surface area contributed by atoms with E-state index in [2.05, 4.69) is 10.6 Å². The Labute approximate surface area is 279 Å². The number of carbonyl (C=O) groups is 5. The molecule has 3 N–H and O–H groups in total. The summed E-state index contributed by atoms with van der Waals surface area (Å²) in [6.07, 6.45) is 2.75. The van der Waals surface area contributed by atoms with Crippen LogP contribution in [0.3, 0.4) is 0 Å². The zero-order chi connectivity index (χ0) is 35.5. The molecule has 3 amide bonds. The summed E-state index contributed by atoms with van der Waals surface area (Å²) < 4.78 is 33.6. The van der Waals surface area contributed by atoms with Crippen molar-refractivity contribution in [1.82, 2.24) is 15.5 Å². The molecule has 0 spiro atoms. The van der Waals surface area contributed by atoms with E-state index in [1.165, 1.54) is 0 Å². The van der Waals surface area contributed by atoms with Gasteiger partial charge in [0.15, 0.2) is 5.78 Å². The van der Waals surface area contributed by atoms with Gasteiger partial charge >= 0.3 is 7.60 Å². The minimum Gasteiger partial charge on any atom is -0.377 e. The molecule has 1 heterocycles. The van der Waals surface area contributed by atoms with Gasteiger partial charge in [-0.1, -0.05) is 0 Å². The normalized spacial score (nSPS) is 16.5. The van der Waals surface area contributed by atoms with Gasteiger partial charge in [-0.05, 0) is 60.8 Å². The minimum atomic E-state index is -3.71. The van der Waals surface area contributed by atoms with Crippen LogP contribution in [-0.2, 0) is 47.3 Å². The number of carbonyl (C=O) groups excluding carboxylic acids is 5. The van der Waals surface area contributed by atoms with Gasteiger partial charge in [0.25, 0.3) is 0 Å². The average Bonchev–Trinajstić information content (AvgIpc) is 3.43. The minimum absolute atomic E-state index is 0.0104. The number of ketones is 2. The molecule has 0 radical (unpaired) electrons. The van der Waals surface area contributed by atoms with Crippen LogP contribution in [0.2, 0.25) is 0 Å². The molecule has 272 valence electrons. The van der Waals surface area contributed by atoms with E-state index in [4.69, 9.17) is 18.7 Å². The van der Waals surface area contributed by atoms with Gasteiger partial charge in [-0.25, -0.2) is 0 Å². The fourth-order valence-electron chi connectivity index (χ4n) is 4.40. The summed E-state index contributed by atoms with van der Waals surface area (Å²) in [5.74, 6) is -1.00. The van der Waals surface area contributed by atoms with E-state index < -0.39 is 18.7 Å². The second-order valence-corrected chi connectivity index (χ2v) is 16.3. The number of nitrogens with zero attached hydrogens (tertiary/aromatic N) is 1. The van der Waals surface area contributed by atoms with Gasteiger partial charge in [0.2, 0.25) is 17.7 Å². The van der Waals surface area contributed by atoms with E-state index in [-0.39, 0.29) is 107 Å². The standard InChI is InChI=1S/C32H58N3O11P/c1-31(2,3)46-27-15-17-35(24-27)30(40)10-8-7-9-25(36)11-13-29(39)34-23-26(37)12-14-28(38)33-16-18-43-19-20-44-21-22-45-47(41,42)32(4,5)6/h27H,7-24H2,1-6H3,(H,33,38)(H,34,39)(H,41,42)/t27-/m0/s1. The maximum absolute atomic E-state index is 12.4. The molecule has 1 aliphatic heterocycles. The highest BCUT2D eigenvalue weighted by molar-refractivity contribution is 7.54. The molecular formula is C32H58N3O11P. The zero-order valence-electron chi connectivity index (χ0n) is 29.2. The molecule has 14 nitrogen and oxygen atoms in total. The number of hydrogen-bond acceptors (Lipinski definition) is 10. The number of rotatable bonds is 24. The number of nitrogens with one attached hydrogen (secondary N) is 2. The van der Waals surface area contributed by atoms with Crippen molar-refractivity contribution in [3.05, 3.63) is 0 Å². The van der Waals surface area contributed by atoms with Crippen molar-refractivity contribution in [1.29, 1.82) is 0 Å². The van der Waals surface area contributed by atoms with Crippen LogP contribution in [0, 0.1) is 0 Å². The molecule has 1 unspecified atom stereocenters. The van der Waals surface area contributed by atoms with Crippen molar-refractivity contribution in [2.45, 2.75) is 116 Å². The number of ether oxygens (including phenoxy) is 3. The van der Waals surface area contributed by atoms with Crippen LogP contribution in [0.4, 0.5) is 0 Å². The van der Waals surface area contributed by atoms with Gasteiger partial charge in [-0.2, -0.15) is 0 Å². The lowest BCUT2D eigenvalue weighted by atomic mass is 10.1. The lowest BCUT2D eigenvalue weighted by Gasteiger charge is -2.25. The Morgan fingerprint density at radius 3 is 1.98 bits per heavy atom. The summed E-state index contributed by atoms with van der Waals surface area (Å²) in [5, 5.41) is 4.27. The predicted octanol–water partition coefficient (Wildman–Crippen LogP) is 2.93. The summed E-state index contributed by atoms with van der Waals surface area (Å²) in [6, 6.07) is 0. The molecule has 1 aliphatic rings. The van der Waals surface area contributed by atoms with Gasteiger partial charge < -0.3 is 39.2 Å². The Kier molecular flexibility index (Phi) is 19.8.